The molecule has 0 saturated heterocycles. The lowest BCUT2D eigenvalue weighted by Gasteiger charge is -2.25. The maximum Gasteiger partial charge on any atom is 0.338 e. The number of rotatable bonds is 7. The van der Waals surface area contributed by atoms with E-state index in [1.165, 1.54) is 11.3 Å². The van der Waals surface area contributed by atoms with Crippen LogP contribution in [0.3, 0.4) is 0 Å². The first-order valence-electron chi connectivity index (χ1n) is 11.7. The zero-order valence-corrected chi connectivity index (χ0v) is 28.0. The van der Waals surface area contributed by atoms with Crippen LogP contribution >= 0.6 is 72.4 Å². The van der Waals surface area contributed by atoms with E-state index < -0.39 is 12.0 Å². The number of carbonyl (C=O) groups excluding carboxylic acids is 1. The van der Waals surface area contributed by atoms with Crippen LogP contribution in [0, 0.1) is 7.14 Å². The van der Waals surface area contributed by atoms with E-state index in [0.717, 1.165) is 24.0 Å². The van der Waals surface area contributed by atoms with Gasteiger partial charge in [0.05, 0.1) is 53.3 Å². The molecule has 0 saturated carbocycles. The quantitative estimate of drug-likeness (QED) is 0.231. The smallest absolute Gasteiger partial charge is 0.338 e. The highest BCUT2D eigenvalue weighted by Crippen LogP contribution is 2.35. The lowest BCUT2D eigenvalue weighted by molar-refractivity contribution is -0.139. The van der Waals surface area contributed by atoms with E-state index in [2.05, 4.69) is 66.1 Å². The first kappa shape index (κ1) is 29.3. The summed E-state index contributed by atoms with van der Waals surface area (Å²) in [7, 11) is 1.58. The van der Waals surface area contributed by atoms with Crippen LogP contribution in [0.2, 0.25) is 0 Å². The molecule has 38 heavy (non-hydrogen) atoms. The molecule has 1 aromatic heterocycles. The summed E-state index contributed by atoms with van der Waals surface area (Å²) in [5.74, 6) is 0.984. The average molecular weight is 823 g/mol. The molecule has 0 amide bonds. The Labute approximate surface area is 260 Å². The summed E-state index contributed by atoms with van der Waals surface area (Å²) in [6.07, 6.45) is 1.92. The van der Waals surface area contributed by atoms with Gasteiger partial charge in [-0.05, 0) is 130 Å². The van der Waals surface area contributed by atoms with Gasteiger partial charge in [0.2, 0.25) is 0 Å². The largest absolute Gasteiger partial charge is 0.496 e. The number of hydrogen-bond donors (Lipinski definition) is 0. The Hall–Kier alpha value is -1.71. The van der Waals surface area contributed by atoms with Crippen molar-refractivity contribution >= 4 is 84.5 Å². The SMILES string of the molecule is CCOC(=O)C1=C(C)N=c2s/c(=C/c3cc(I)c(OC(C)C)c(I)c3)c(=O)n2[C@@H]1c1ccc(OC)c(Br)c1. The number of fused-ring (bicyclic) bond motifs is 1. The van der Waals surface area contributed by atoms with Gasteiger partial charge in [0, 0.05) is 0 Å². The number of allylic oxidation sites excluding steroid dienone is 1. The van der Waals surface area contributed by atoms with E-state index in [9.17, 15) is 9.59 Å². The fourth-order valence-corrected chi connectivity index (χ4v) is 7.80. The third-order valence-electron chi connectivity index (χ3n) is 5.68. The predicted octanol–water partition coefficient (Wildman–Crippen LogP) is 5.57. The summed E-state index contributed by atoms with van der Waals surface area (Å²) in [5, 5.41) is 0. The second-order valence-corrected chi connectivity index (χ2v) is 12.9. The van der Waals surface area contributed by atoms with E-state index in [1.54, 1.807) is 31.6 Å². The number of ether oxygens (including phenoxy) is 3. The Morgan fingerprint density at radius 2 is 1.92 bits per heavy atom. The van der Waals surface area contributed by atoms with Crippen LogP contribution in [0.25, 0.3) is 6.08 Å². The van der Waals surface area contributed by atoms with Crippen LogP contribution in [-0.2, 0) is 9.53 Å². The van der Waals surface area contributed by atoms with E-state index in [-0.39, 0.29) is 18.3 Å². The molecule has 7 nitrogen and oxygen atoms in total. The predicted molar refractivity (Wildman–Crippen MR) is 169 cm³/mol. The Morgan fingerprint density at radius 3 is 2.50 bits per heavy atom. The standard InChI is InChI=1S/C27H25BrI2N2O5S/c1-6-36-26(34)22-14(4)31-27-32(23(22)16-7-8-20(35-5)17(28)12-16)25(33)21(38-27)11-15-9-18(29)24(19(30)10-15)37-13(2)3/h7-13,23H,6H2,1-5H3/b21-11+/t23-/m1/s1. The van der Waals surface area contributed by atoms with Crippen LogP contribution in [-0.4, -0.2) is 30.4 Å². The van der Waals surface area contributed by atoms with Gasteiger partial charge in [-0.1, -0.05) is 17.4 Å². The molecule has 2 heterocycles. The summed E-state index contributed by atoms with van der Waals surface area (Å²) in [6, 6.07) is 8.80. The molecule has 0 fully saturated rings. The van der Waals surface area contributed by atoms with Crippen molar-refractivity contribution in [2.45, 2.75) is 39.8 Å². The van der Waals surface area contributed by atoms with Crippen LogP contribution in [0.15, 0.2) is 55.9 Å². The van der Waals surface area contributed by atoms with Crippen molar-refractivity contribution in [1.29, 1.82) is 0 Å². The fraction of sp³-hybridized carbons (Fsp3) is 0.296. The summed E-state index contributed by atoms with van der Waals surface area (Å²) >= 11 is 9.33. The minimum Gasteiger partial charge on any atom is -0.496 e. The molecule has 11 heteroatoms. The van der Waals surface area contributed by atoms with Gasteiger partial charge in [0.25, 0.3) is 5.56 Å². The van der Waals surface area contributed by atoms with Crippen LogP contribution in [0.1, 0.15) is 44.9 Å². The van der Waals surface area contributed by atoms with Gasteiger partial charge in [0.1, 0.15) is 11.5 Å². The maximum atomic E-state index is 13.9. The highest BCUT2D eigenvalue weighted by atomic mass is 127. The molecule has 0 spiro atoms. The number of nitrogens with zero attached hydrogens (tertiary/aromatic N) is 2. The van der Waals surface area contributed by atoms with Crippen molar-refractivity contribution in [3.8, 4) is 11.5 Å². The third-order valence-corrected chi connectivity index (χ3v) is 8.89. The number of aromatic nitrogens is 1. The van der Waals surface area contributed by atoms with Crippen molar-refractivity contribution in [2.75, 3.05) is 13.7 Å². The summed E-state index contributed by atoms with van der Waals surface area (Å²) in [6.45, 7) is 7.72. The van der Waals surface area contributed by atoms with E-state index in [1.807, 2.05) is 44.2 Å². The van der Waals surface area contributed by atoms with Gasteiger partial charge in [0.15, 0.2) is 4.80 Å². The van der Waals surface area contributed by atoms with Crippen molar-refractivity contribution < 1.29 is 19.0 Å². The molecule has 1 aliphatic heterocycles. The lowest BCUT2D eigenvalue weighted by atomic mass is 9.96. The number of methoxy groups -OCH3 is 1. The summed E-state index contributed by atoms with van der Waals surface area (Å²) in [5.41, 5.74) is 2.24. The molecule has 0 radical (unpaired) electrons. The second kappa shape index (κ2) is 12.2. The monoisotopic (exact) mass is 822 g/mol. The van der Waals surface area contributed by atoms with Gasteiger partial charge in [-0.3, -0.25) is 9.36 Å². The van der Waals surface area contributed by atoms with Crippen LogP contribution in [0.4, 0.5) is 0 Å². The molecule has 4 rings (SSSR count). The van der Waals surface area contributed by atoms with E-state index in [4.69, 9.17) is 14.2 Å². The van der Waals surface area contributed by atoms with Gasteiger partial charge >= 0.3 is 5.97 Å². The molecule has 0 N–H and O–H groups in total. The molecule has 3 aromatic rings. The molecular formula is C27H25BrI2N2O5S. The number of thiazole rings is 1. The summed E-state index contributed by atoms with van der Waals surface area (Å²) < 4.78 is 21.4. The number of benzene rings is 2. The minimum absolute atomic E-state index is 0.0568. The molecule has 0 unspecified atom stereocenters. The van der Waals surface area contributed by atoms with Gasteiger partial charge in [-0.15, -0.1) is 0 Å². The Balaban J connectivity index is 1.92. The number of carbonyl (C=O) groups is 1. The van der Waals surface area contributed by atoms with E-state index >= 15 is 0 Å². The second-order valence-electron chi connectivity index (χ2n) is 8.68. The molecule has 200 valence electrons. The molecule has 1 aliphatic rings. The van der Waals surface area contributed by atoms with Crippen molar-refractivity contribution in [3.63, 3.8) is 0 Å². The Morgan fingerprint density at radius 1 is 1.24 bits per heavy atom. The highest BCUT2D eigenvalue weighted by Gasteiger charge is 2.33. The first-order valence-corrected chi connectivity index (χ1v) is 15.5. The summed E-state index contributed by atoms with van der Waals surface area (Å²) in [4.78, 5) is 32.1. The first-order chi connectivity index (χ1) is 18.0. The lowest BCUT2D eigenvalue weighted by Crippen LogP contribution is -2.40. The normalized spacial score (nSPS) is 15.4. The zero-order valence-electron chi connectivity index (χ0n) is 21.3. The Kier molecular flexibility index (Phi) is 9.41. The van der Waals surface area contributed by atoms with Gasteiger partial charge < -0.3 is 14.2 Å². The fourth-order valence-electron chi connectivity index (χ4n) is 4.12. The molecular weight excluding hydrogens is 798 g/mol. The molecule has 0 aliphatic carbocycles. The van der Waals surface area contributed by atoms with Crippen molar-refractivity contribution in [1.82, 2.24) is 4.57 Å². The minimum atomic E-state index is -0.697. The maximum absolute atomic E-state index is 13.9. The highest BCUT2D eigenvalue weighted by molar-refractivity contribution is 14.1. The molecule has 1 atom stereocenters. The van der Waals surface area contributed by atoms with Crippen LogP contribution < -0.4 is 24.4 Å². The van der Waals surface area contributed by atoms with E-state index in [0.29, 0.717) is 30.8 Å². The number of halogens is 3. The average Bonchev–Trinajstić information content (AvgIpc) is 3.14. The zero-order chi connectivity index (χ0) is 27.7. The van der Waals surface area contributed by atoms with Crippen molar-refractivity contribution in [2.24, 2.45) is 4.99 Å². The molecule has 0 bridgehead atoms. The topological polar surface area (TPSA) is 79.1 Å². The molecule has 2 aromatic carbocycles. The van der Waals surface area contributed by atoms with Crippen LogP contribution in [0.5, 0.6) is 11.5 Å². The Bertz CT molecular complexity index is 1600. The van der Waals surface area contributed by atoms with Crippen molar-refractivity contribution in [3.05, 3.63) is 84.0 Å². The number of hydrogen-bond acceptors (Lipinski definition) is 7. The van der Waals surface area contributed by atoms with Gasteiger partial charge in [-0.25, -0.2) is 9.79 Å². The van der Waals surface area contributed by atoms with Gasteiger partial charge in [-0.2, -0.15) is 0 Å². The third kappa shape index (κ3) is 5.89. The number of esters is 1.